The summed E-state index contributed by atoms with van der Waals surface area (Å²) in [5, 5.41) is 5.85. The van der Waals surface area contributed by atoms with Crippen molar-refractivity contribution >= 4 is 11.8 Å². The van der Waals surface area contributed by atoms with E-state index in [9.17, 15) is 4.79 Å². The zero-order valence-electron chi connectivity index (χ0n) is 12.9. The first-order valence-corrected chi connectivity index (χ1v) is 7.26. The summed E-state index contributed by atoms with van der Waals surface area (Å²) in [6, 6.07) is 5.87. The Morgan fingerprint density at radius 2 is 2.33 bits per heavy atom. The monoisotopic (exact) mass is 292 g/mol. The average molecular weight is 292 g/mol. The molecular weight excluding hydrogens is 268 g/mol. The van der Waals surface area contributed by atoms with Gasteiger partial charge in [-0.1, -0.05) is 6.07 Å². The molecule has 0 aromatic carbocycles. The number of nitrogens with zero attached hydrogens (tertiary/aromatic N) is 2. The summed E-state index contributed by atoms with van der Waals surface area (Å²) in [4.78, 5) is 18.4. The minimum atomic E-state index is -0.354. The van der Waals surface area contributed by atoms with E-state index in [1.807, 2.05) is 32.0 Å². The van der Waals surface area contributed by atoms with E-state index >= 15 is 0 Å². The van der Waals surface area contributed by atoms with Crippen LogP contribution in [-0.2, 0) is 4.74 Å². The molecule has 1 aromatic rings. The Labute approximate surface area is 125 Å². The van der Waals surface area contributed by atoms with Gasteiger partial charge in [0.1, 0.15) is 5.82 Å². The molecule has 0 saturated carbocycles. The van der Waals surface area contributed by atoms with Gasteiger partial charge in [-0.2, -0.15) is 0 Å². The summed E-state index contributed by atoms with van der Waals surface area (Å²) < 4.78 is 5.27. The SMILES string of the molecule is COC(C)(C)CNC(=O)NC1CCN(c2ccccn2)C1. The highest BCUT2D eigenvalue weighted by molar-refractivity contribution is 5.74. The van der Waals surface area contributed by atoms with Gasteiger partial charge in [0, 0.05) is 39.0 Å². The molecule has 1 aliphatic rings. The van der Waals surface area contributed by atoms with Crippen molar-refractivity contribution < 1.29 is 9.53 Å². The van der Waals surface area contributed by atoms with Gasteiger partial charge >= 0.3 is 6.03 Å². The van der Waals surface area contributed by atoms with E-state index in [-0.39, 0.29) is 17.7 Å². The first-order chi connectivity index (χ1) is 10.00. The molecule has 1 fully saturated rings. The molecule has 6 heteroatoms. The fourth-order valence-electron chi connectivity index (χ4n) is 2.23. The lowest BCUT2D eigenvalue weighted by Crippen LogP contribution is -2.48. The van der Waals surface area contributed by atoms with Gasteiger partial charge in [0.15, 0.2) is 0 Å². The standard InChI is InChI=1S/C15H24N4O2/c1-15(2,21-3)11-17-14(20)18-12-7-9-19(10-12)13-6-4-5-8-16-13/h4-6,8,12H,7,9-11H2,1-3H3,(H2,17,18,20). The van der Waals surface area contributed by atoms with Crippen molar-refractivity contribution in [2.24, 2.45) is 0 Å². The molecule has 1 aliphatic heterocycles. The van der Waals surface area contributed by atoms with E-state index in [0.717, 1.165) is 25.3 Å². The number of amides is 2. The van der Waals surface area contributed by atoms with Crippen LogP contribution in [0.1, 0.15) is 20.3 Å². The fourth-order valence-corrected chi connectivity index (χ4v) is 2.23. The number of methoxy groups -OCH3 is 1. The maximum absolute atomic E-state index is 11.9. The lowest BCUT2D eigenvalue weighted by Gasteiger charge is -2.24. The normalized spacial score (nSPS) is 18.6. The number of nitrogens with one attached hydrogen (secondary N) is 2. The third kappa shape index (κ3) is 4.60. The molecule has 0 spiro atoms. The summed E-state index contributed by atoms with van der Waals surface area (Å²) in [5.74, 6) is 0.961. The van der Waals surface area contributed by atoms with Gasteiger partial charge in [0.05, 0.1) is 5.60 Å². The first-order valence-electron chi connectivity index (χ1n) is 7.26. The van der Waals surface area contributed by atoms with Gasteiger partial charge in [-0.15, -0.1) is 0 Å². The van der Waals surface area contributed by atoms with Gasteiger partial charge in [0.25, 0.3) is 0 Å². The first kappa shape index (κ1) is 15.6. The number of hydrogen-bond donors (Lipinski definition) is 2. The molecule has 6 nitrogen and oxygen atoms in total. The zero-order valence-corrected chi connectivity index (χ0v) is 12.9. The molecule has 1 atom stereocenters. The number of ether oxygens (including phenoxy) is 1. The molecule has 1 unspecified atom stereocenters. The minimum Gasteiger partial charge on any atom is -0.377 e. The Bertz CT molecular complexity index is 464. The number of hydrogen-bond acceptors (Lipinski definition) is 4. The number of anilines is 1. The predicted octanol–water partition coefficient (Wildman–Crippen LogP) is 1.38. The van der Waals surface area contributed by atoms with Crippen molar-refractivity contribution in [2.75, 3.05) is 31.6 Å². The number of carbonyl (C=O) groups is 1. The van der Waals surface area contributed by atoms with Crippen LogP contribution in [0.15, 0.2) is 24.4 Å². The van der Waals surface area contributed by atoms with E-state index in [1.54, 1.807) is 13.3 Å². The van der Waals surface area contributed by atoms with Crippen molar-refractivity contribution in [1.82, 2.24) is 15.6 Å². The second kappa shape index (κ2) is 6.76. The van der Waals surface area contributed by atoms with Crippen LogP contribution in [-0.4, -0.2) is 49.4 Å². The Hall–Kier alpha value is -1.82. The highest BCUT2D eigenvalue weighted by Crippen LogP contribution is 2.17. The molecule has 2 N–H and O–H groups in total. The van der Waals surface area contributed by atoms with Gasteiger partial charge in [0.2, 0.25) is 0 Å². The van der Waals surface area contributed by atoms with Crippen LogP contribution in [0.25, 0.3) is 0 Å². The van der Waals surface area contributed by atoms with Gasteiger partial charge < -0.3 is 20.3 Å². The van der Waals surface area contributed by atoms with Crippen molar-refractivity contribution in [3.63, 3.8) is 0 Å². The molecule has 1 aromatic heterocycles. The molecule has 2 amide bonds. The van der Waals surface area contributed by atoms with Crippen molar-refractivity contribution in [2.45, 2.75) is 31.9 Å². The van der Waals surface area contributed by atoms with Crippen LogP contribution < -0.4 is 15.5 Å². The number of pyridine rings is 1. The Morgan fingerprint density at radius 3 is 3.00 bits per heavy atom. The summed E-state index contributed by atoms with van der Waals surface area (Å²) in [6.45, 7) is 6.05. The molecule has 0 bridgehead atoms. The summed E-state index contributed by atoms with van der Waals surface area (Å²) in [6.07, 6.45) is 2.72. The van der Waals surface area contributed by atoms with Crippen LogP contribution >= 0.6 is 0 Å². The van der Waals surface area contributed by atoms with Crippen LogP contribution in [0.2, 0.25) is 0 Å². The summed E-state index contributed by atoms with van der Waals surface area (Å²) >= 11 is 0. The van der Waals surface area contributed by atoms with Crippen molar-refractivity contribution in [3.05, 3.63) is 24.4 Å². The summed E-state index contributed by atoms with van der Waals surface area (Å²) in [7, 11) is 1.64. The number of aromatic nitrogens is 1. The quantitative estimate of drug-likeness (QED) is 0.860. The van der Waals surface area contributed by atoms with Crippen LogP contribution in [0.5, 0.6) is 0 Å². The third-order valence-electron chi connectivity index (χ3n) is 3.72. The Morgan fingerprint density at radius 1 is 1.52 bits per heavy atom. The lowest BCUT2D eigenvalue weighted by molar-refractivity contribution is 0.0253. The van der Waals surface area contributed by atoms with Crippen LogP contribution in [0, 0.1) is 0 Å². The molecule has 0 aliphatic carbocycles. The van der Waals surface area contributed by atoms with Crippen molar-refractivity contribution in [1.29, 1.82) is 0 Å². The minimum absolute atomic E-state index is 0.145. The zero-order chi connectivity index (χ0) is 15.3. The second-order valence-electron chi connectivity index (χ2n) is 5.91. The number of urea groups is 1. The molecule has 2 rings (SSSR count). The molecular formula is C15H24N4O2. The van der Waals surface area contributed by atoms with E-state index in [1.165, 1.54) is 0 Å². The van der Waals surface area contributed by atoms with Gasteiger partial charge in [-0.25, -0.2) is 9.78 Å². The molecule has 21 heavy (non-hydrogen) atoms. The van der Waals surface area contributed by atoms with E-state index in [4.69, 9.17) is 4.74 Å². The van der Waals surface area contributed by atoms with Gasteiger partial charge in [-0.3, -0.25) is 0 Å². The summed E-state index contributed by atoms with van der Waals surface area (Å²) in [5.41, 5.74) is -0.354. The van der Waals surface area contributed by atoms with Gasteiger partial charge in [-0.05, 0) is 32.4 Å². The molecule has 116 valence electrons. The second-order valence-corrected chi connectivity index (χ2v) is 5.91. The predicted molar refractivity (Wildman–Crippen MR) is 82.5 cm³/mol. The van der Waals surface area contributed by atoms with E-state index in [2.05, 4.69) is 20.5 Å². The Balaban J connectivity index is 1.76. The average Bonchev–Trinajstić information content (AvgIpc) is 2.95. The highest BCUT2D eigenvalue weighted by Gasteiger charge is 2.25. The Kier molecular flexibility index (Phi) is 5.01. The maximum atomic E-state index is 11.9. The van der Waals surface area contributed by atoms with Crippen LogP contribution in [0.4, 0.5) is 10.6 Å². The largest absolute Gasteiger partial charge is 0.377 e. The lowest BCUT2D eigenvalue weighted by atomic mass is 10.1. The topological polar surface area (TPSA) is 66.5 Å². The molecule has 1 saturated heterocycles. The van der Waals surface area contributed by atoms with Crippen LogP contribution in [0.3, 0.4) is 0 Å². The van der Waals surface area contributed by atoms with Crippen molar-refractivity contribution in [3.8, 4) is 0 Å². The maximum Gasteiger partial charge on any atom is 0.315 e. The third-order valence-corrected chi connectivity index (χ3v) is 3.72. The molecule has 0 radical (unpaired) electrons. The highest BCUT2D eigenvalue weighted by atomic mass is 16.5. The number of carbonyl (C=O) groups excluding carboxylic acids is 1. The fraction of sp³-hybridized carbons (Fsp3) is 0.600. The van der Waals surface area contributed by atoms with E-state index in [0.29, 0.717) is 6.54 Å². The molecule has 2 heterocycles. The number of rotatable bonds is 5. The smallest absolute Gasteiger partial charge is 0.315 e. The van der Waals surface area contributed by atoms with E-state index < -0.39 is 0 Å².